The van der Waals surface area contributed by atoms with Gasteiger partial charge in [-0.25, -0.2) is 4.79 Å². The number of nitrogens with zero attached hydrogens (tertiary/aromatic N) is 1. The molecule has 0 aliphatic carbocycles. The first-order valence-electron chi connectivity index (χ1n) is 6.35. The Morgan fingerprint density at radius 3 is 2.42 bits per heavy atom. The maximum absolute atomic E-state index is 11.9. The van der Waals surface area contributed by atoms with Crippen LogP contribution in [-0.2, 0) is 9.59 Å². The zero-order valence-electron chi connectivity index (χ0n) is 11.7. The summed E-state index contributed by atoms with van der Waals surface area (Å²) in [4.78, 5) is 35.0. The van der Waals surface area contributed by atoms with Crippen LogP contribution in [0.1, 0.15) is 26.7 Å². The molecule has 19 heavy (non-hydrogen) atoms. The Kier molecular flexibility index (Phi) is 8.32. The fraction of sp³-hybridized carbons (Fsp3) is 0.750. The predicted octanol–water partition coefficient (Wildman–Crippen LogP) is 0.265. The average molecular weight is 273 g/mol. The van der Waals surface area contributed by atoms with Crippen LogP contribution in [0.15, 0.2) is 0 Å². The van der Waals surface area contributed by atoms with Crippen molar-refractivity contribution in [2.24, 2.45) is 5.92 Å². The summed E-state index contributed by atoms with van der Waals surface area (Å²) in [5.74, 6) is -1.27. The highest BCUT2D eigenvalue weighted by molar-refractivity contribution is 5.83. The molecule has 110 valence electrons. The maximum atomic E-state index is 11.9. The van der Waals surface area contributed by atoms with Gasteiger partial charge in [-0.15, -0.1) is 0 Å². The van der Waals surface area contributed by atoms with Crippen LogP contribution < -0.4 is 10.6 Å². The zero-order chi connectivity index (χ0) is 14.8. The summed E-state index contributed by atoms with van der Waals surface area (Å²) in [6, 6.07) is -0.345. The molecule has 0 radical (unpaired) electrons. The van der Waals surface area contributed by atoms with Gasteiger partial charge >= 0.3 is 12.0 Å². The minimum Gasteiger partial charge on any atom is -0.481 e. The Hall–Kier alpha value is -1.79. The van der Waals surface area contributed by atoms with E-state index in [1.54, 1.807) is 6.92 Å². The van der Waals surface area contributed by atoms with Crippen LogP contribution in [0.2, 0.25) is 0 Å². The Labute approximate surface area is 113 Å². The van der Waals surface area contributed by atoms with E-state index in [9.17, 15) is 14.4 Å². The number of likely N-dealkylation sites (N-methyl/N-ethyl adjacent to an activating group) is 1. The van der Waals surface area contributed by atoms with E-state index in [1.165, 1.54) is 11.9 Å². The standard InChI is InChI=1S/C12H23N3O4/c1-4-5-15(8-10(16)13-3)12(19)14-7-9(2)6-11(17)18/h9H,4-8H2,1-3H3,(H,13,16)(H,14,19)(H,17,18). The molecule has 0 rings (SSSR count). The van der Waals surface area contributed by atoms with E-state index in [4.69, 9.17) is 5.11 Å². The van der Waals surface area contributed by atoms with Gasteiger partial charge in [0.2, 0.25) is 5.91 Å². The highest BCUT2D eigenvalue weighted by Gasteiger charge is 2.16. The second-order valence-corrected chi connectivity index (χ2v) is 4.48. The van der Waals surface area contributed by atoms with E-state index < -0.39 is 5.97 Å². The summed E-state index contributed by atoms with van der Waals surface area (Å²) in [6.45, 7) is 4.42. The molecule has 0 aromatic rings. The first-order chi connectivity index (χ1) is 8.90. The van der Waals surface area contributed by atoms with Gasteiger partial charge in [-0.1, -0.05) is 13.8 Å². The summed E-state index contributed by atoms with van der Waals surface area (Å²) in [5.41, 5.74) is 0. The predicted molar refractivity (Wildman–Crippen MR) is 70.7 cm³/mol. The Morgan fingerprint density at radius 2 is 1.95 bits per heavy atom. The van der Waals surface area contributed by atoms with Gasteiger partial charge < -0.3 is 20.6 Å². The number of hydrogen-bond acceptors (Lipinski definition) is 3. The molecule has 0 saturated carbocycles. The van der Waals surface area contributed by atoms with Crippen LogP contribution in [0.25, 0.3) is 0 Å². The van der Waals surface area contributed by atoms with Gasteiger partial charge in [0, 0.05) is 26.6 Å². The van der Waals surface area contributed by atoms with Gasteiger partial charge in [-0.3, -0.25) is 9.59 Å². The fourth-order valence-corrected chi connectivity index (χ4v) is 1.52. The first-order valence-corrected chi connectivity index (χ1v) is 6.35. The highest BCUT2D eigenvalue weighted by Crippen LogP contribution is 2.00. The number of rotatable bonds is 8. The first kappa shape index (κ1) is 17.2. The van der Waals surface area contributed by atoms with Gasteiger partial charge in [0.1, 0.15) is 6.54 Å². The molecule has 0 aliphatic rings. The number of hydrogen-bond donors (Lipinski definition) is 3. The molecule has 0 aromatic heterocycles. The second-order valence-electron chi connectivity index (χ2n) is 4.48. The van der Waals surface area contributed by atoms with E-state index in [2.05, 4.69) is 10.6 Å². The van der Waals surface area contributed by atoms with Crippen molar-refractivity contribution < 1.29 is 19.5 Å². The van der Waals surface area contributed by atoms with Gasteiger partial charge in [-0.05, 0) is 12.3 Å². The third kappa shape index (κ3) is 8.01. The van der Waals surface area contributed by atoms with Gasteiger partial charge in [0.15, 0.2) is 0 Å². The molecular weight excluding hydrogens is 250 g/mol. The SMILES string of the molecule is CCCN(CC(=O)NC)C(=O)NCC(C)CC(=O)O. The number of amides is 3. The van der Waals surface area contributed by atoms with Gasteiger partial charge in [0.05, 0.1) is 0 Å². The van der Waals surface area contributed by atoms with E-state index in [0.29, 0.717) is 6.54 Å². The number of carbonyl (C=O) groups is 3. The van der Waals surface area contributed by atoms with E-state index >= 15 is 0 Å². The third-order valence-electron chi connectivity index (χ3n) is 2.52. The Morgan fingerprint density at radius 1 is 1.32 bits per heavy atom. The third-order valence-corrected chi connectivity index (χ3v) is 2.52. The molecule has 0 aliphatic heterocycles. The zero-order valence-corrected chi connectivity index (χ0v) is 11.7. The lowest BCUT2D eigenvalue weighted by Crippen LogP contribution is -2.46. The molecular formula is C12H23N3O4. The van der Waals surface area contributed by atoms with Gasteiger partial charge in [-0.2, -0.15) is 0 Å². The quantitative estimate of drug-likeness (QED) is 0.591. The number of urea groups is 1. The molecule has 7 heteroatoms. The normalized spacial score (nSPS) is 11.5. The molecule has 7 nitrogen and oxygen atoms in total. The lowest BCUT2D eigenvalue weighted by atomic mass is 10.1. The van der Waals surface area contributed by atoms with Crippen molar-refractivity contribution in [1.82, 2.24) is 15.5 Å². The minimum atomic E-state index is -0.891. The topological polar surface area (TPSA) is 98.7 Å². The van der Waals surface area contributed by atoms with E-state index in [1.807, 2.05) is 6.92 Å². The van der Waals surface area contributed by atoms with Gasteiger partial charge in [0.25, 0.3) is 0 Å². The number of carbonyl (C=O) groups excluding carboxylic acids is 2. The molecule has 3 amide bonds. The van der Waals surface area contributed by atoms with Crippen LogP contribution in [0.3, 0.4) is 0 Å². The lowest BCUT2D eigenvalue weighted by molar-refractivity contribution is -0.137. The monoisotopic (exact) mass is 273 g/mol. The minimum absolute atomic E-state index is 0.00346. The second kappa shape index (κ2) is 9.18. The largest absolute Gasteiger partial charge is 0.481 e. The summed E-state index contributed by atoms with van der Waals surface area (Å²) in [5, 5.41) is 13.7. The van der Waals surface area contributed by atoms with Crippen molar-refractivity contribution in [2.45, 2.75) is 26.7 Å². The molecule has 0 aromatic carbocycles. The van der Waals surface area contributed by atoms with Crippen molar-refractivity contribution in [1.29, 1.82) is 0 Å². The van der Waals surface area contributed by atoms with Crippen molar-refractivity contribution in [3.05, 3.63) is 0 Å². The molecule has 1 atom stereocenters. The molecule has 0 fully saturated rings. The summed E-state index contributed by atoms with van der Waals surface area (Å²) in [7, 11) is 1.51. The number of nitrogens with one attached hydrogen (secondary N) is 2. The summed E-state index contributed by atoms with van der Waals surface area (Å²) in [6.07, 6.45) is 0.749. The number of aliphatic carboxylic acids is 1. The molecule has 0 saturated heterocycles. The molecule has 0 heterocycles. The van der Waals surface area contributed by atoms with Crippen LogP contribution in [0.5, 0.6) is 0 Å². The van der Waals surface area contributed by atoms with Crippen LogP contribution in [0.4, 0.5) is 4.79 Å². The van der Waals surface area contributed by atoms with Crippen LogP contribution in [-0.4, -0.2) is 54.6 Å². The average Bonchev–Trinajstić information content (AvgIpc) is 2.34. The van der Waals surface area contributed by atoms with E-state index in [-0.39, 0.29) is 37.4 Å². The smallest absolute Gasteiger partial charge is 0.317 e. The fourth-order valence-electron chi connectivity index (χ4n) is 1.52. The van der Waals surface area contributed by atoms with Crippen molar-refractivity contribution in [2.75, 3.05) is 26.7 Å². The molecule has 0 spiro atoms. The van der Waals surface area contributed by atoms with Crippen LogP contribution >= 0.6 is 0 Å². The lowest BCUT2D eigenvalue weighted by Gasteiger charge is -2.22. The summed E-state index contributed by atoms with van der Waals surface area (Å²) < 4.78 is 0. The Balaban J connectivity index is 4.24. The number of carboxylic acid groups (broad SMARTS) is 1. The molecule has 3 N–H and O–H groups in total. The van der Waals surface area contributed by atoms with Crippen molar-refractivity contribution >= 4 is 17.9 Å². The molecule has 1 unspecified atom stereocenters. The van der Waals surface area contributed by atoms with Crippen LogP contribution in [0, 0.1) is 5.92 Å². The molecule has 0 bridgehead atoms. The maximum Gasteiger partial charge on any atom is 0.317 e. The Bertz CT molecular complexity index is 320. The highest BCUT2D eigenvalue weighted by atomic mass is 16.4. The number of carboxylic acids is 1. The van der Waals surface area contributed by atoms with Crippen molar-refractivity contribution in [3.8, 4) is 0 Å². The van der Waals surface area contributed by atoms with E-state index in [0.717, 1.165) is 6.42 Å². The summed E-state index contributed by atoms with van der Waals surface area (Å²) >= 11 is 0. The van der Waals surface area contributed by atoms with Crippen molar-refractivity contribution in [3.63, 3.8) is 0 Å².